The molecular formula is C14H18N2O. The molecule has 1 aromatic rings. The molecule has 3 heteroatoms. The number of hydrogen-bond donors (Lipinski definition) is 1. The van der Waals surface area contributed by atoms with Crippen molar-refractivity contribution in [3.63, 3.8) is 0 Å². The topological polar surface area (TPSA) is 52.9 Å². The average molecular weight is 230 g/mol. The van der Waals surface area contributed by atoms with E-state index in [1.54, 1.807) is 13.8 Å². The fraction of sp³-hybridized carbons (Fsp3) is 0.429. The molecule has 0 aliphatic carbocycles. The van der Waals surface area contributed by atoms with Crippen LogP contribution in [0.25, 0.3) is 0 Å². The lowest BCUT2D eigenvalue weighted by Gasteiger charge is -2.22. The number of benzene rings is 1. The maximum Gasteiger partial charge on any atom is 0.228 e. The third-order valence-electron chi connectivity index (χ3n) is 2.64. The van der Waals surface area contributed by atoms with E-state index in [9.17, 15) is 4.79 Å². The number of rotatable bonds is 4. The molecule has 1 unspecified atom stereocenters. The predicted octanol–water partition coefficient (Wildman–Crippen LogP) is 2.60. The van der Waals surface area contributed by atoms with Gasteiger partial charge >= 0.3 is 0 Å². The highest BCUT2D eigenvalue weighted by Crippen LogP contribution is 2.20. The fourth-order valence-corrected chi connectivity index (χ4v) is 1.68. The van der Waals surface area contributed by atoms with Gasteiger partial charge in [-0.1, -0.05) is 37.3 Å². The minimum atomic E-state index is -0.820. The molecule has 0 aliphatic heterocycles. The summed E-state index contributed by atoms with van der Waals surface area (Å²) in [5.41, 5.74) is 0.167. The number of carbonyl (C=O) groups is 1. The van der Waals surface area contributed by atoms with Gasteiger partial charge in [0.05, 0.1) is 12.0 Å². The van der Waals surface area contributed by atoms with Crippen molar-refractivity contribution in [2.75, 3.05) is 0 Å². The summed E-state index contributed by atoms with van der Waals surface area (Å²) in [6.07, 6.45) is 0.720. The molecule has 1 rings (SSSR count). The van der Waals surface area contributed by atoms with Crippen molar-refractivity contribution in [2.45, 2.75) is 38.6 Å². The van der Waals surface area contributed by atoms with Gasteiger partial charge in [-0.15, -0.1) is 0 Å². The van der Waals surface area contributed by atoms with Gasteiger partial charge in [-0.25, -0.2) is 0 Å². The Morgan fingerprint density at radius 1 is 1.41 bits per heavy atom. The second-order valence-electron chi connectivity index (χ2n) is 4.60. The van der Waals surface area contributed by atoms with E-state index in [2.05, 4.69) is 11.4 Å². The SMILES string of the molecule is CCC(C(=O)NC(C)(C)C#N)c1ccccc1. The van der Waals surface area contributed by atoms with Gasteiger partial charge in [0.2, 0.25) is 5.91 Å². The highest BCUT2D eigenvalue weighted by molar-refractivity contribution is 5.84. The maximum absolute atomic E-state index is 12.1. The minimum Gasteiger partial charge on any atom is -0.338 e. The highest BCUT2D eigenvalue weighted by Gasteiger charge is 2.25. The van der Waals surface area contributed by atoms with Crippen molar-refractivity contribution in [2.24, 2.45) is 0 Å². The summed E-state index contributed by atoms with van der Waals surface area (Å²) in [5.74, 6) is -0.283. The van der Waals surface area contributed by atoms with Gasteiger partial charge < -0.3 is 5.32 Å². The smallest absolute Gasteiger partial charge is 0.228 e. The Balaban J connectivity index is 2.83. The van der Waals surface area contributed by atoms with Crippen LogP contribution in [-0.4, -0.2) is 11.4 Å². The van der Waals surface area contributed by atoms with Gasteiger partial charge in [-0.3, -0.25) is 4.79 Å². The largest absolute Gasteiger partial charge is 0.338 e. The van der Waals surface area contributed by atoms with E-state index >= 15 is 0 Å². The zero-order valence-corrected chi connectivity index (χ0v) is 10.5. The molecule has 0 fully saturated rings. The van der Waals surface area contributed by atoms with Crippen molar-refractivity contribution < 1.29 is 4.79 Å². The number of nitrogens with zero attached hydrogens (tertiary/aromatic N) is 1. The average Bonchev–Trinajstić information content (AvgIpc) is 2.31. The molecule has 90 valence electrons. The third-order valence-corrected chi connectivity index (χ3v) is 2.64. The van der Waals surface area contributed by atoms with E-state index in [0.717, 1.165) is 12.0 Å². The van der Waals surface area contributed by atoms with Crippen LogP contribution in [0, 0.1) is 11.3 Å². The first-order valence-corrected chi connectivity index (χ1v) is 5.78. The van der Waals surface area contributed by atoms with Gasteiger partial charge in [0.25, 0.3) is 0 Å². The summed E-state index contributed by atoms with van der Waals surface area (Å²) in [4.78, 5) is 12.1. The number of hydrogen-bond acceptors (Lipinski definition) is 2. The second-order valence-corrected chi connectivity index (χ2v) is 4.60. The molecule has 0 bridgehead atoms. The van der Waals surface area contributed by atoms with E-state index < -0.39 is 5.54 Å². The van der Waals surface area contributed by atoms with Gasteiger partial charge in [0.1, 0.15) is 5.54 Å². The van der Waals surface area contributed by atoms with Crippen LogP contribution in [0.5, 0.6) is 0 Å². The molecule has 0 aliphatic rings. The van der Waals surface area contributed by atoms with Crippen LogP contribution >= 0.6 is 0 Å². The zero-order valence-electron chi connectivity index (χ0n) is 10.5. The predicted molar refractivity (Wildman–Crippen MR) is 67.3 cm³/mol. The molecule has 1 atom stereocenters. The number of carbonyl (C=O) groups excluding carboxylic acids is 1. The van der Waals surface area contributed by atoms with Crippen LogP contribution in [-0.2, 0) is 4.79 Å². The second kappa shape index (κ2) is 5.49. The molecule has 0 spiro atoms. The Morgan fingerprint density at radius 3 is 2.47 bits per heavy atom. The number of nitriles is 1. The van der Waals surface area contributed by atoms with Gasteiger partial charge in [-0.2, -0.15) is 5.26 Å². The van der Waals surface area contributed by atoms with Crippen LogP contribution in [0.3, 0.4) is 0 Å². The van der Waals surface area contributed by atoms with Crippen LogP contribution < -0.4 is 5.32 Å². The Kier molecular flexibility index (Phi) is 4.28. The van der Waals surface area contributed by atoms with Crippen LogP contribution in [0.4, 0.5) is 0 Å². The standard InChI is InChI=1S/C14H18N2O/c1-4-12(11-8-6-5-7-9-11)13(17)16-14(2,3)10-15/h5-9,12H,4H2,1-3H3,(H,16,17). The first-order chi connectivity index (χ1) is 8.00. The van der Waals surface area contributed by atoms with Crippen molar-refractivity contribution >= 4 is 5.91 Å². The molecule has 3 nitrogen and oxygen atoms in total. The van der Waals surface area contributed by atoms with E-state index in [4.69, 9.17) is 5.26 Å². The van der Waals surface area contributed by atoms with Crippen LogP contribution in [0.15, 0.2) is 30.3 Å². The number of nitrogens with one attached hydrogen (secondary N) is 1. The molecule has 1 aromatic carbocycles. The van der Waals surface area contributed by atoms with Crippen molar-refractivity contribution in [1.29, 1.82) is 5.26 Å². The molecular weight excluding hydrogens is 212 g/mol. The molecule has 0 aromatic heterocycles. The lowest BCUT2D eigenvalue weighted by atomic mass is 9.94. The quantitative estimate of drug-likeness (QED) is 0.864. The number of amides is 1. The molecule has 0 saturated carbocycles. The summed E-state index contributed by atoms with van der Waals surface area (Å²) < 4.78 is 0. The Morgan fingerprint density at radius 2 is 2.00 bits per heavy atom. The highest BCUT2D eigenvalue weighted by atomic mass is 16.2. The molecule has 0 radical (unpaired) electrons. The zero-order chi connectivity index (χ0) is 12.9. The van der Waals surface area contributed by atoms with Gasteiger partial charge in [0, 0.05) is 0 Å². The van der Waals surface area contributed by atoms with E-state index in [1.165, 1.54) is 0 Å². The van der Waals surface area contributed by atoms with E-state index in [0.29, 0.717) is 0 Å². The van der Waals surface area contributed by atoms with E-state index in [-0.39, 0.29) is 11.8 Å². The van der Waals surface area contributed by atoms with Crippen molar-refractivity contribution in [1.82, 2.24) is 5.32 Å². The Bertz CT molecular complexity index is 418. The molecule has 1 N–H and O–H groups in total. The molecule has 0 heterocycles. The van der Waals surface area contributed by atoms with Crippen molar-refractivity contribution in [3.05, 3.63) is 35.9 Å². The first-order valence-electron chi connectivity index (χ1n) is 5.78. The summed E-state index contributed by atoms with van der Waals surface area (Å²) in [7, 11) is 0. The molecule has 1 amide bonds. The molecule has 0 saturated heterocycles. The van der Waals surface area contributed by atoms with Gasteiger partial charge in [0.15, 0.2) is 0 Å². The van der Waals surface area contributed by atoms with E-state index in [1.807, 2.05) is 37.3 Å². The summed E-state index contributed by atoms with van der Waals surface area (Å²) >= 11 is 0. The Hall–Kier alpha value is -1.82. The summed E-state index contributed by atoms with van der Waals surface area (Å²) in [6.45, 7) is 5.36. The third kappa shape index (κ3) is 3.60. The van der Waals surface area contributed by atoms with Crippen molar-refractivity contribution in [3.8, 4) is 6.07 Å². The minimum absolute atomic E-state index is 0.0924. The first kappa shape index (κ1) is 13.2. The summed E-state index contributed by atoms with van der Waals surface area (Å²) in [6, 6.07) is 11.7. The maximum atomic E-state index is 12.1. The fourth-order valence-electron chi connectivity index (χ4n) is 1.68. The summed E-state index contributed by atoms with van der Waals surface area (Å²) in [5, 5.41) is 11.7. The molecule has 17 heavy (non-hydrogen) atoms. The Labute approximate surface area is 102 Å². The monoisotopic (exact) mass is 230 g/mol. The normalized spacial score (nSPS) is 12.6. The van der Waals surface area contributed by atoms with Crippen LogP contribution in [0.2, 0.25) is 0 Å². The lowest BCUT2D eigenvalue weighted by Crippen LogP contribution is -2.44. The lowest BCUT2D eigenvalue weighted by molar-refractivity contribution is -0.123. The van der Waals surface area contributed by atoms with Gasteiger partial charge in [-0.05, 0) is 25.8 Å². The van der Waals surface area contributed by atoms with Crippen LogP contribution in [0.1, 0.15) is 38.7 Å².